The van der Waals surface area contributed by atoms with E-state index in [0.717, 1.165) is 26.7 Å². The van der Waals surface area contributed by atoms with Gasteiger partial charge in [-0.1, -0.05) is 30.3 Å². The van der Waals surface area contributed by atoms with Gasteiger partial charge < -0.3 is 23.8 Å². The Morgan fingerprint density at radius 3 is 2.32 bits per heavy atom. The van der Waals surface area contributed by atoms with Gasteiger partial charge in [-0.05, 0) is 73.2 Å². The molecule has 5 rings (SSSR count). The maximum atomic E-state index is 14.5. The summed E-state index contributed by atoms with van der Waals surface area (Å²) < 4.78 is 23.1. The molecule has 1 amide bonds. The van der Waals surface area contributed by atoms with Crippen molar-refractivity contribution in [3.8, 4) is 23.0 Å². The van der Waals surface area contributed by atoms with Crippen LogP contribution >= 0.6 is 22.6 Å². The van der Waals surface area contributed by atoms with Crippen LogP contribution in [0.1, 0.15) is 36.7 Å². The molecule has 0 saturated carbocycles. The van der Waals surface area contributed by atoms with Crippen molar-refractivity contribution in [3.05, 3.63) is 81.6 Å². The largest absolute Gasteiger partial charge is 0.493 e. The first-order chi connectivity index (χ1) is 19.7. The average molecular weight is 668 g/mol. The monoisotopic (exact) mass is 667 g/mol. The molecule has 0 fully saturated rings. The molecule has 1 aliphatic heterocycles. The number of ether oxygens (including phenoxy) is 4. The lowest BCUT2D eigenvalue weighted by Crippen LogP contribution is -2.46. The Bertz CT molecular complexity index is 1560. The molecule has 0 saturated heterocycles. The van der Waals surface area contributed by atoms with Crippen LogP contribution < -0.4 is 23.8 Å². The van der Waals surface area contributed by atoms with Crippen LogP contribution in [0.2, 0.25) is 0 Å². The molecule has 0 bridgehead atoms. The van der Waals surface area contributed by atoms with Gasteiger partial charge in [0.1, 0.15) is 0 Å². The number of hydrogen-bond donors (Lipinski definition) is 0. The number of aromatic nitrogens is 1. The van der Waals surface area contributed by atoms with Crippen LogP contribution in [0.25, 0.3) is 10.9 Å². The van der Waals surface area contributed by atoms with Crippen LogP contribution in [0.3, 0.4) is 0 Å². The number of methoxy groups -OCH3 is 2. The van der Waals surface area contributed by atoms with E-state index in [1.54, 1.807) is 26.5 Å². The lowest BCUT2D eigenvalue weighted by atomic mass is 10.0. The van der Waals surface area contributed by atoms with Gasteiger partial charge in [-0.2, -0.15) is 0 Å². The van der Waals surface area contributed by atoms with Crippen molar-refractivity contribution in [1.82, 2.24) is 9.88 Å². The summed E-state index contributed by atoms with van der Waals surface area (Å²) in [5.41, 5.74) is 3.09. The van der Waals surface area contributed by atoms with Crippen molar-refractivity contribution in [3.63, 3.8) is 0 Å². The molecule has 1 aromatic heterocycles. The van der Waals surface area contributed by atoms with E-state index in [9.17, 15) is 4.79 Å². The number of hydrogen-bond acceptors (Lipinski definition) is 7. The summed E-state index contributed by atoms with van der Waals surface area (Å²) in [6.07, 6.45) is 1.73. The molecular formula is C32H34IN3O5. The minimum Gasteiger partial charge on any atom is -0.493 e. The standard InChI is InChI=1S/C32H34IN3O5/c1-32(2,3)35(19-21-9-7-6-8-10-21)13-14-36(31(37)22-15-27(38-4)28(39-5)17-24(22)33)26-11-12-34-25-18-30-29(16-23(25)26)40-20-41-30/h6-12,15-18H,13-14,19-20H2,1-5H3. The zero-order valence-corrected chi connectivity index (χ0v) is 26.1. The van der Waals surface area contributed by atoms with E-state index < -0.39 is 0 Å². The van der Waals surface area contributed by atoms with Gasteiger partial charge in [0.25, 0.3) is 5.91 Å². The molecule has 0 radical (unpaired) electrons. The third-order valence-corrected chi connectivity index (χ3v) is 8.10. The summed E-state index contributed by atoms with van der Waals surface area (Å²) in [6.45, 7) is 8.60. The Morgan fingerprint density at radius 2 is 1.63 bits per heavy atom. The third kappa shape index (κ3) is 6.20. The van der Waals surface area contributed by atoms with E-state index in [1.165, 1.54) is 5.56 Å². The van der Waals surface area contributed by atoms with Crippen molar-refractivity contribution in [2.24, 2.45) is 0 Å². The summed E-state index contributed by atoms with van der Waals surface area (Å²) in [5, 5.41) is 0.811. The van der Waals surface area contributed by atoms with Crippen molar-refractivity contribution in [2.75, 3.05) is 39.0 Å². The molecule has 0 aliphatic carbocycles. The zero-order valence-electron chi connectivity index (χ0n) is 23.9. The van der Waals surface area contributed by atoms with Gasteiger partial charge in [-0.15, -0.1) is 0 Å². The van der Waals surface area contributed by atoms with Crippen molar-refractivity contribution in [2.45, 2.75) is 32.9 Å². The first kappa shape index (κ1) is 28.9. The van der Waals surface area contributed by atoms with Crippen LogP contribution in [0.5, 0.6) is 23.0 Å². The molecule has 0 atom stereocenters. The number of carbonyl (C=O) groups excluding carboxylic acids is 1. The van der Waals surface area contributed by atoms with E-state index >= 15 is 0 Å². The van der Waals surface area contributed by atoms with Crippen LogP contribution in [0.15, 0.2) is 66.9 Å². The maximum absolute atomic E-state index is 14.5. The van der Waals surface area contributed by atoms with Gasteiger partial charge >= 0.3 is 0 Å². The number of pyridine rings is 1. The van der Waals surface area contributed by atoms with Gasteiger partial charge in [0.15, 0.2) is 23.0 Å². The molecule has 4 aromatic rings. The Hall–Kier alpha value is -3.57. The summed E-state index contributed by atoms with van der Waals surface area (Å²) in [7, 11) is 3.16. The second kappa shape index (κ2) is 12.1. The highest BCUT2D eigenvalue weighted by molar-refractivity contribution is 14.1. The Balaban J connectivity index is 1.58. The molecule has 0 N–H and O–H groups in total. The lowest BCUT2D eigenvalue weighted by molar-refractivity contribution is 0.0963. The number of halogens is 1. The van der Waals surface area contributed by atoms with Crippen molar-refractivity contribution in [1.29, 1.82) is 0 Å². The molecule has 0 unspecified atom stereocenters. The van der Waals surface area contributed by atoms with Crippen LogP contribution in [-0.4, -0.2) is 55.4 Å². The molecule has 8 nitrogen and oxygen atoms in total. The highest BCUT2D eigenvalue weighted by Gasteiger charge is 2.28. The van der Waals surface area contributed by atoms with Gasteiger partial charge in [0.05, 0.1) is 31.0 Å². The first-order valence-corrected chi connectivity index (χ1v) is 14.5. The number of benzene rings is 3. The number of amides is 1. The average Bonchev–Trinajstić information content (AvgIpc) is 3.42. The summed E-state index contributed by atoms with van der Waals surface area (Å²) >= 11 is 2.18. The lowest BCUT2D eigenvalue weighted by Gasteiger charge is -2.37. The smallest absolute Gasteiger partial charge is 0.259 e. The maximum Gasteiger partial charge on any atom is 0.259 e. The highest BCUT2D eigenvalue weighted by atomic mass is 127. The third-order valence-electron chi connectivity index (χ3n) is 7.21. The van der Waals surface area contributed by atoms with E-state index in [0.29, 0.717) is 41.7 Å². The van der Waals surface area contributed by atoms with Gasteiger partial charge in [-0.3, -0.25) is 14.7 Å². The quantitative estimate of drug-likeness (QED) is 0.188. The second-order valence-corrected chi connectivity index (χ2v) is 11.9. The number of fused-ring (bicyclic) bond motifs is 2. The second-order valence-electron chi connectivity index (χ2n) is 10.8. The van der Waals surface area contributed by atoms with E-state index in [-0.39, 0.29) is 18.2 Å². The van der Waals surface area contributed by atoms with E-state index in [1.807, 2.05) is 35.2 Å². The van der Waals surface area contributed by atoms with Gasteiger partial charge in [-0.25, -0.2) is 0 Å². The summed E-state index contributed by atoms with van der Waals surface area (Å²) in [6, 6.07) is 19.6. The normalized spacial score (nSPS) is 12.6. The molecule has 9 heteroatoms. The van der Waals surface area contributed by atoms with Crippen LogP contribution in [0, 0.1) is 3.57 Å². The highest BCUT2D eigenvalue weighted by Crippen LogP contribution is 2.39. The molecular weight excluding hydrogens is 633 g/mol. The summed E-state index contributed by atoms with van der Waals surface area (Å²) in [4.78, 5) is 23.3. The number of rotatable bonds is 9. The number of anilines is 1. The number of nitrogens with zero attached hydrogens (tertiary/aromatic N) is 3. The minimum atomic E-state index is -0.144. The topological polar surface area (TPSA) is 73.4 Å². The first-order valence-electron chi connectivity index (χ1n) is 13.4. The summed E-state index contributed by atoms with van der Waals surface area (Å²) in [5.74, 6) is 2.22. The van der Waals surface area contributed by atoms with E-state index in [2.05, 4.69) is 77.5 Å². The Morgan fingerprint density at radius 1 is 0.951 bits per heavy atom. The fraction of sp³-hybridized carbons (Fsp3) is 0.312. The molecule has 41 heavy (non-hydrogen) atoms. The zero-order chi connectivity index (χ0) is 29.1. The molecule has 0 spiro atoms. The molecule has 214 valence electrons. The number of carbonyl (C=O) groups is 1. The van der Waals surface area contributed by atoms with Gasteiger partial charge in [0, 0.05) is 46.4 Å². The SMILES string of the molecule is COc1cc(I)c(C(=O)N(CCN(Cc2ccccc2)C(C)(C)C)c2ccnc3cc4c(cc23)OCO4)cc1OC. The molecule has 1 aliphatic rings. The minimum absolute atomic E-state index is 0.130. The van der Waals surface area contributed by atoms with E-state index in [4.69, 9.17) is 18.9 Å². The fourth-order valence-corrected chi connectivity index (χ4v) is 5.60. The molecule has 2 heterocycles. The fourth-order valence-electron chi connectivity index (χ4n) is 4.93. The molecule has 3 aromatic carbocycles. The van der Waals surface area contributed by atoms with Crippen LogP contribution in [-0.2, 0) is 6.54 Å². The van der Waals surface area contributed by atoms with Crippen molar-refractivity contribution < 1.29 is 23.7 Å². The van der Waals surface area contributed by atoms with Crippen LogP contribution in [0.4, 0.5) is 5.69 Å². The van der Waals surface area contributed by atoms with Gasteiger partial charge in [0.2, 0.25) is 6.79 Å². The predicted molar refractivity (Wildman–Crippen MR) is 168 cm³/mol. The van der Waals surface area contributed by atoms with Crippen molar-refractivity contribution >= 4 is 45.1 Å². The Kier molecular flexibility index (Phi) is 8.55. The Labute approximate surface area is 254 Å². The predicted octanol–water partition coefficient (Wildman–Crippen LogP) is 6.53.